The minimum Gasteiger partial charge on any atom is -0.439 e. The fourth-order valence-corrected chi connectivity index (χ4v) is 1.55. The van der Waals surface area contributed by atoms with Gasteiger partial charge in [0, 0.05) is 16.8 Å². The zero-order valence-corrected chi connectivity index (χ0v) is 10.1. The van der Waals surface area contributed by atoms with E-state index in [0.717, 1.165) is 0 Å². The number of pyridine rings is 1. The molecule has 2 rings (SSSR count). The molecule has 17 heavy (non-hydrogen) atoms. The average Bonchev–Trinajstić information content (AvgIpc) is 2.32. The van der Waals surface area contributed by atoms with Crippen LogP contribution in [0.5, 0.6) is 11.6 Å². The molecule has 1 aromatic heterocycles. The fourth-order valence-electron chi connectivity index (χ4n) is 1.42. The SMILES string of the molecule is CC(O)c1cccnc1Oc1ccc(Cl)cc1. The van der Waals surface area contributed by atoms with E-state index in [-0.39, 0.29) is 0 Å². The van der Waals surface area contributed by atoms with Crippen LogP contribution < -0.4 is 4.74 Å². The molecule has 0 aliphatic carbocycles. The third-order valence-electron chi connectivity index (χ3n) is 2.28. The van der Waals surface area contributed by atoms with E-state index in [9.17, 15) is 5.11 Å². The highest BCUT2D eigenvalue weighted by Gasteiger charge is 2.10. The molecule has 4 heteroatoms. The molecule has 0 saturated heterocycles. The lowest BCUT2D eigenvalue weighted by molar-refractivity contribution is 0.194. The summed E-state index contributed by atoms with van der Waals surface area (Å²) < 4.78 is 5.60. The Labute approximate surface area is 105 Å². The number of nitrogens with zero attached hydrogens (tertiary/aromatic N) is 1. The molecular formula is C13H12ClNO2. The van der Waals surface area contributed by atoms with Crippen molar-refractivity contribution in [3.8, 4) is 11.6 Å². The van der Waals surface area contributed by atoms with E-state index < -0.39 is 6.10 Å². The molecule has 0 bridgehead atoms. The predicted molar refractivity (Wildman–Crippen MR) is 66.4 cm³/mol. The smallest absolute Gasteiger partial charge is 0.225 e. The summed E-state index contributed by atoms with van der Waals surface area (Å²) in [5.41, 5.74) is 0.655. The Morgan fingerprint density at radius 2 is 1.94 bits per heavy atom. The molecular weight excluding hydrogens is 238 g/mol. The maximum absolute atomic E-state index is 9.59. The van der Waals surface area contributed by atoms with Gasteiger partial charge in [0.2, 0.25) is 5.88 Å². The number of aromatic nitrogens is 1. The fraction of sp³-hybridized carbons (Fsp3) is 0.154. The lowest BCUT2D eigenvalue weighted by Gasteiger charge is -2.11. The van der Waals surface area contributed by atoms with Gasteiger partial charge in [-0.1, -0.05) is 11.6 Å². The molecule has 3 nitrogen and oxygen atoms in total. The van der Waals surface area contributed by atoms with Gasteiger partial charge in [-0.25, -0.2) is 4.98 Å². The van der Waals surface area contributed by atoms with Crippen molar-refractivity contribution in [2.75, 3.05) is 0 Å². The second-order valence-electron chi connectivity index (χ2n) is 3.63. The second-order valence-corrected chi connectivity index (χ2v) is 4.07. The first-order valence-electron chi connectivity index (χ1n) is 5.23. The Morgan fingerprint density at radius 3 is 2.59 bits per heavy atom. The molecule has 0 spiro atoms. The van der Waals surface area contributed by atoms with Crippen molar-refractivity contribution in [1.82, 2.24) is 4.98 Å². The molecule has 1 heterocycles. The largest absolute Gasteiger partial charge is 0.439 e. The zero-order valence-electron chi connectivity index (χ0n) is 9.30. The first-order valence-corrected chi connectivity index (χ1v) is 5.61. The monoisotopic (exact) mass is 249 g/mol. The maximum atomic E-state index is 9.59. The lowest BCUT2D eigenvalue weighted by atomic mass is 10.2. The van der Waals surface area contributed by atoms with Crippen LogP contribution in [0.2, 0.25) is 5.02 Å². The van der Waals surface area contributed by atoms with Gasteiger partial charge in [-0.05, 0) is 43.3 Å². The summed E-state index contributed by atoms with van der Waals surface area (Å²) in [6.07, 6.45) is 1.00. The van der Waals surface area contributed by atoms with Crippen molar-refractivity contribution in [2.45, 2.75) is 13.0 Å². The van der Waals surface area contributed by atoms with Gasteiger partial charge in [0.05, 0.1) is 6.10 Å². The summed E-state index contributed by atoms with van der Waals surface area (Å²) in [6.45, 7) is 1.67. The van der Waals surface area contributed by atoms with Crippen LogP contribution >= 0.6 is 11.6 Å². The first-order chi connectivity index (χ1) is 8.16. The van der Waals surface area contributed by atoms with Crippen LogP contribution in [0.25, 0.3) is 0 Å². The van der Waals surface area contributed by atoms with Gasteiger partial charge in [-0.3, -0.25) is 0 Å². The number of ether oxygens (including phenoxy) is 1. The van der Waals surface area contributed by atoms with Crippen LogP contribution in [-0.2, 0) is 0 Å². The van der Waals surface area contributed by atoms with E-state index in [0.29, 0.717) is 22.2 Å². The molecule has 0 aliphatic heterocycles. The predicted octanol–water partition coefficient (Wildman–Crippen LogP) is 3.58. The maximum Gasteiger partial charge on any atom is 0.225 e. The first kappa shape index (κ1) is 11.9. The summed E-state index contributed by atoms with van der Waals surface area (Å²) in [5.74, 6) is 1.04. The molecule has 88 valence electrons. The lowest BCUT2D eigenvalue weighted by Crippen LogP contribution is -1.97. The molecule has 1 unspecified atom stereocenters. The van der Waals surface area contributed by atoms with Crippen LogP contribution in [0, 0.1) is 0 Å². The number of hydrogen-bond donors (Lipinski definition) is 1. The number of halogens is 1. The van der Waals surface area contributed by atoms with E-state index in [4.69, 9.17) is 16.3 Å². The third-order valence-corrected chi connectivity index (χ3v) is 2.53. The molecule has 0 aliphatic rings. The van der Waals surface area contributed by atoms with Crippen LogP contribution in [0.4, 0.5) is 0 Å². The number of aliphatic hydroxyl groups is 1. The normalized spacial score (nSPS) is 12.2. The van der Waals surface area contributed by atoms with E-state index in [2.05, 4.69) is 4.98 Å². The zero-order chi connectivity index (χ0) is 12.3. The van der Waals surface area contributed by atoms with Gasteiger partial charge >= 0.3 is 0 Å². The van der Waals surface area contributed by atoms with Gasteiger partial charge in [0.15, 0.2) is 0 Å². The van der Waals surface area contributed by atoms with E-state index in [1.165, 1.54) is 0 Å². The van der Waals surface area contributed by atoms with Gasteiger partial charge in [-0.15, -0.1) is 0 Å². The molecule has 1 N–H and O–H groups in total. The Balaban J connectivity index is 2.26. The number of hydrogen-bond acceptors (Lipinski definition) is 3. The molecule has 2 aromatic rings. The Kier molecular flexibility index (Phi) is 3.61. The van der Waals surface area contributed by atoms with Crippen LogP contribution in [0.1, 0.15) is 18.6 Å². The second kappa shape index (κ2) is 5.17. The summed E-state index contributed by atoms with van der Waals surface area (Å²) >= 11 is 5.79. The summed E-state index contributed by atoms with van der Waals surface area (Å²) in [6, 6.07) is 10.5. The number of aliphatic hydroxyl groups excluding tert-OH is 1. The van der Waals surface area contributed by atoms with Crippen molar-refractivity contribution in [3.63, 3.8) is 0 Å². The molecule has 0 fully saturated rings. The van der Waals surface area contributed by atoms with Crippen LogP contribution in [0.3, 0.4) is 0 Å². The molecule has 0 radical (unpaired) electrons. The third kappa shape index (κ3) is 2.96. The van der Waals surface area contributed by atoms with Gasteiger partial charge < -0.3 is 9.84 Å². The van der Waals surface area contributed by atoms with Gasteiger partial charge in [-0.2, -0.15) is 0 Å². The van der Waals surface area contributed by atoms with E-state index >= 15 is 0 Å². The van der Waals surface area contributed by atoms with Crippen molar-refractivity contribution in [2.24, 2.45) is 0 Å². The summed E-state index contributed by atoms with van der Waals surface area (Å²) in [4.78, 5) is 4.10. The van der Waals surface area contributed by atoms with Crippen molar-refractivity contribution in [1.29, 1.82) is 0 Å². The van der Waals surface area contributed by atoms with Gasteiger partial charge in [0.1, 0.15) is 5.75 Å². The number of benzene rings is 1. The Bertz CT molecular complexity index is 497. The average molecular weight is 250 g/mol. The van der Waals surface area contributed by atoms with Crippen molar-refractivity contribution in [3.05, 3.63) is 53.2 Å². The molecule has 1 aromatic carbocycles. The molecule has 0 amide bonds. The Hall–Kier alpha value is -1.58. The van der Waals surface area contributed by atoms with Crippen molar-refractivity contribution < 1.29 is 9.84 Å². The highest BCUT2D eigenvalue weighted by Crippen LogP contribution is 2.27. The van der Waals surface area contributed by atoms with E-state index in [1.807, 2.05) is 0 Å². The molecule has 1 atom stereocenters. The minimum atomic E-state index is -0.619. The van der Waals surface area contributed by atoms with E-state index in [1.54, 1.807) is 49.5 Å². The Morgan fingerprint density at radius 1 is 1.24 bits per heavy atom. The summed E-state index contributed by atoms with van der Waals surface area (Å²) in [7, 11) is 0. The summed E-state index contributed by atoms with van der Waals surface area (Å²) in [5, 5.41) is 10.2. The standard InChI is InChI=1S/C13H12ClNO2/c1-9(16)12-3-2-8-15-13(12)17-11-6-4-10(14)5-7-11/h2-9,16H,1H3. The highest BCUT2D eigenvalue weighted by molar-refractivity contribution is 6.30. The molecule has 0 saturated carbocycles. The van der Waals surface area contributed by atoms with Crippen LogP contribution in [-0.4, -0.2) is 10.1 Å². The highest BCUT2D eigenvalue weighted by atomic mass is 35.5. The number of rotatable bonds is 3. The quantitative estimate of drug-likeness (QED) is 0.904. The minimum absolute atomic E-state index is 0.407. The topological polar surface area (TPSA) is 42.4 Å². The van der Waals surface area contributed by atoms with Gasteiger partial charge in [0.25, 0.3) is 0 Å². The van der Waals surface area contributed by atoms with Crippen LogP contribution in [0.15, 0.2) is 42.6 Å². The van der Waals surface area contributed by atoms with Crippen molar-refractivity contribution >= 4 is 11.6 Å².